The van der Waals surface area contributed by atoms with E-state index >= 15 is 0 Å². The Balaban J connectivity index is 2.49. The lowest BCUT2D eigenvalue weighted by Gasteiger charge is -2.22. The number of amides is 2. The molecule has 0 unspecified atom stereocenters. The summed E-state index contributed by atoms with van der Waals surface area (Å²) in [6.45, 7) is 3.54. The summed E-state index contributed by atoms with van der Waals surface area (Å²) >= 11 is 0. The molecular formula is C15H22N2O4. The van der Waals surface area contributed by atoms with Gasteiger partial charge in [0.15, 0.2) is 0 Å². The molecule has 0 heterocycles. The zero-order valence-corrected chi connectivity index (χ0v) is 12.6. The maximum absolute atomic E-state index is 11.7. The molecule has 1 aromatic carbocycles. The summed E-state index contributed by atoms with van der Waals surface area (Å²) in [5, 5.41) is 14.7. The van der Waals surface area contributed by atoms with Crippen LogP contribution in [0.4, 0.5) is 5.69 Å². The number of benzene rings is 1. The maximum Gasteiger partial charge on any atom is 0.313 e. The number of rotatable bonds is 6. The molecule has 2 amide bonds. The van der Waals surface area contributed by atoms with Crippen LogP contribution in [0.15, 0.2) is 24.3 Å². The monoisotopic (exact) mass is 294 g/mol. The molecule has 0 fully saturated rings. The van der Waals surface area contributed by atoms with Crippen molar-refractivity contribution in [3.8, 4) is 0 Å². The van der Waals surface area contributed by atoms with Crippen molar-refractivity contribution in [3.05, 3.63) is 29.8 Å². The van der Waals surface area contributed by atoms with E-state index < -0.39 is 17.4 Å². The standard InChI is InChI=1S/C15H22N2O4/c1-4-11-5-7-12(8-6-11)17-14(19)13(18)16-9-15(2,20)10-21-3/h5-8,20H,4,9-10H2,1-3H3,(H,16,18)(H,17,19)/t15-/m1/s1. The summed E-state index contributed by atoms with van der Waals surface area (Å²) in [5.74, 6) is -1.57. The summed E-state index contributed by atoms with van der Waals surface area (Å²) in [6, 6.07) is 7.25. The molecule has 0 aliphatic carbocycles. The number of methoxy groups -OCH3 is 1. The number of hydrogen-bond acceptors (Lipinski definition) is 4. The van der Waals surface area contributed by atoms with Gasteiger partial charge in [-0.3, -0.25) is 9.59 Å². The molecule has 0 radical (unpaired) electrons. The van der Waals surface area contributed by atoms with Crippen LogP contribution >= 0.6 is 0 Å². The highest BCUT2D eigenvalue weighted by Gasteiger charge is 2.23. The van der Waals surface area contributed by atoms with Gasteiger partial charge in [0, 0.05) is 19.3 Å². The predicted molar refractivity (Wildman–Crippen MR) is 80.0 cm³/mol. The van der Waals surface area contributed by atoms with Crippen molar-refractivity contribution in [2.24, 2.45) is 0 Å². The minimum absolute atomic E-state index is 0.0629. The number of nitrogens with one attached hydrogen (secondary N) is 2. The van der Waals surface area contributed by atoms with Crippen LogP contribution in [0.1, 0.15) is 19.4 Å². The van der Waals surface area contributed by atoms with Gasteiger partial charge in [-0.1, -0.05) is 19.1 Å². The van der Waals surface area contributed by atoms with Crippen LogP contribution in [0, 0.1) is 0 Å². The van der Waals surface area contributed by atoms with Crippen LogP contribution in [-0.2, 0) is 20.7 Å². The molecule has 1 aromatic rings. The molecule has 3 N–H and O–H groups in total. The third-order valence-electron chi connectivity index (χ3n) is 2.91. The third-order valence-corrected chi connectivity index (χ3v) is 2.91. The number of anilines is 1. The van der Waals surface area contributed by atoms with Gasteiger partial charge in [-0.05, 0) is 31.0 Å². The molecule has 1 rings (SSSR count). The first-order valence-corrected chi connectivity index (χ1v) is 6.77. The minimum atomic E-state index is -1.21. The van der Waals surface area contributed by atoms with E-state index in [1.165, 1.54) is 14.0 Å². The SMILES string of the molecule is CCc1ccc(NC(=O)C(=O)NC[C@@](C)(O)COC)cc1. The number of hydrogen-bond donors (Lipinski definition) is 3. The van der Waals surface area contributed by atoms with Crippen LogP contribution in [0.25, 0.3) is 0 Å². The van der Waals surface area contributed by atoms with E-state index in [-0.39, 0.29) is 13.2 Å². The van der Waals surface area contributed by atoms with Gasteiger partial charge < -0.3 is 20.5 Å². The highest BCUT2D eigenvalue weighted by atomic mass is 16.5. The number of aryl methyl sites for hydroxylation is 1. The molecule has 0 saturated heterocycles. The van der Waals surface area contributed by atoms with Gasteiger partial charge in [-0.2, -0.15) is 0 Å². The molecule has 0 aliphatic rings. The van der Waals surface area contributed by atoms with Crippen molar-refractivity contribution in [1.29, 1.82) is 0 Å². The highest BCUT2D eigenvalue weighted by Crippen LogP contribution is 2.09. The second-order valence-corrected chi connectivity index (χ2v) is 5.12. The summed E-state index contributed by atoms with van der Waals surface area (Å²) in [6.07, 6.45) is 0.906. The maximum atomic E-state index is 11.7. The molecule has 0 aromatic heterocycles. The van der Waals surface area contributed by atoms with Crippen molar-refractivity contribution in [2.45, 2.75) is 25.9 Å². The molecule has 0 aliphatic heterocycles. The summed E-state index contributed by atoms with van der Waals surface area (Å²) < 4.78 is 4.81. The van der Waals surface area contributed by atoms with Gasteiger partial charge in [-0.15, -0.1) is 0 Å². The van der Waals surface area contributed by atoms with Gasteiger partial charge in [0.1, 0.15) is 5.60 Å². The molecular weight excluding hydrogens is 272 g/mol. The topological polar surface area (TPSA) is 87.7 Å². The van der Waals surface area contributed by atoms with Crippen LogP contribution in [0.2, 0.25) is 0 Å². The third kappa shape index (κ3) is 5.93. The molecule has 0 saturated carbocycles. The molecule has 116 valence electrons. The number of ether oxygens (including phenoxy) is 1. The van der Waals surface area contributed by atoms with Gasteiger partial charge in [-0.25, -0.2) is 0 Å². The predicted octanol–water partition coefficient (Wildman–Crippen LogP) is 0.701. The molecule has 0 bridgehead atoms. The van der Waals surface area contributed by atoms with Crippen molar-refractivity contribution in [1.82, 2.24) is 5.32 Å². The Labute approximate surface area is 124 Å². The van der Waals surface area contributed by atoms with Gasteiger partial charge in [0.25, 0.3) is 0 Å². The van der Waals surface area contributed by atoms with E-state index in [2.05, 4.69) is 10.6 Å². The van der Waals surface area contributed by atoms with Gasteiger partial charge in [0.2, 0.25) is 0 Å². The summed E-state index contributed by atoms with van der Waals surface area (Å²) in [7, 11) is 1.45. The largest absolute Gasteiger partial charge is 0.386 e. The fourth-order valence-corrected chi connectivity index (χ4v) is 1.72. The first-order valence-electron chi connectivity index (χ1n) is 6.77. The highest BCUT2D eigenvalue weighted by molar-refractivity contribution is 6.39. The Morgan fingerprint density at radius 1 is 1.24 bits per heavy atom. The average molecular weight is 294 g/mol. The van der Waals surface area contributed by atoms with Crippen LogP contribution in [-0.4, -0.2) is 42.8 Å². The Kier molecular flexibility index (Phi) is 6.33. The molecule has 1 atom stereocenters. The Morgan fingerprint density at radius 2 is 1.86 bits per heavy atom. The quantitative estimate of drug-likeness (QED) is 0.674. The van der Waals surface area contributed by atoms with E-state index in [0.29, 0.717) is 5.69 Å². The molecule has 0 spiro atoms. The van der Waals surface area contributed by atoms with E-state index in [1.807, 2.05) is 19.1 Å². The van der Waals surface area contributed by atoms with E-state index in [0.717, 1.165) is 12.0 Å². The second kappa shape index (κ2) is 7.75. The second-order valence-electron chi connectivity index (χ2n) is 5.12. The zero-order chi connectivity index (χ0) is 15.9. The normalized spacial score (nSPS) is 13.3. The Morgan fingerprint density at radius 3 is 2.38 bits per heavy atom. The van der Waals surface area contributed by atoms with Crippen molar-refractivity contribution in [2.75, 3.05) is 25.6 Å². The van der Waals surface area contributed by atoms with E-state index in [9.17, 15) is 14.7 Å². The van der Waals surface area contributed by atoms with Crippen molar-refractivity contribution in [3.63, 3.8) is 0 Å². The minimum Gasteiger partial charge on any atom is -0.386 e. The van der Waals surface area contributed by atoms with Gasteiger partial charge in [0.05, 0.1) is 6.61 Å². The van der Waals surface area contributed by atoms with Crippen molar-refractivity contribution >= 4 is 17.5 Å². The van der Waals surface area contributed by atoms with Crippen LogP contribution in [0.5, 0.6) is 0 Å². The first kappa shape index (κ1) is 17.1. The van der Waals surface area contributed by atoms with Gasteiger partial charge >= 0.3 is 11.8 Å². The number of carbonyl (C=O) groups excluding carboxylic acids is 2. The zero-order valence-electron chi connectivity index (χ0n) is 12.6. The Bertz CT molecular complexity index is 483. The van der Waals surface area contributed by atoms with E-state index in [4.69, 9.17) is 4.74 Å². The van der Waals surface area contributed by atoms with E-state index in [1.54, 1.807) is 12.1 Å². The summed E-state index contributed by atoms with van der Waals surface area (Å²) in [5.41, 5.74) is 0.483. The van der Waals surface area contributed by atoms with Crippen LogP contribution < -0.4 is 10.6 Å². The smallest absolute Gasteiger partial charge is 0.313 e. The summed E-state index contributed by atoms with van der Waals surface area (Å²) in [4.78, 5) is 23.4. The fraction of sp³-hybridized carbons (Fsp3) is 0.467. The number of carbonyl (C=O) groups is 2. The first-order chi connectivity index (χ1) is 9.88. The fourth-order valence-electron chi connectivity index (χ4n) is 1.72. The van der Waals surface area contributed by atoms with Crippen LogP contribution in [0.3, 0.4) is 0 Å². The lowest BCUT2D eigenvalue weighted by Crippen LogP contribution is -2.46. The molecule has 6 heteroatoms. The number of aliphatic hydroxyl groups is 1. The lowest BCUT2D eigenvalue weighted by molar-refractivity contribution is -0.137. The Hall–Kier alpha value is -1.92. The molecule has 21 heavy (non-hydrogen) atoms. The molecule has 6 nitrogen and oxygen atoms in total. The van der Waals surface area contributed by atoms with Crippen molar-refractivity contribution < 1.29 is 19.4 Å². The lowest BCUT2D eigenvalue weighted by atomic mass is 10.1. The average Bonchev–Trinajstić information content (AvgIpc) is 2.45.